The Morgan fingerprint density at radius 1 is 1.39 bits per heavy atom. The number of ether oxygens (including phenoxy) is 3. The molecule has 2 N–H and O–H groups in total. The molecule has 2 aliphatic rings. The highest BCUT2D eigenvalue weighted by molar-refractivity contribution is 5.91. The molecule has 2 heterocycles. The van der Waals surface area contributed by atoms with Crippen molar-refractivity contribution in [2.24, 2.45) is 5.73 Å². The zero-order valence-corrected chi connectivity index (χ0v) is 10.0. The van der Waals surface area contributed by atoms with Gasteiger partial charge in [-0.05, 0) is 18.6 Å². The highest BCUT2D eigenvalue weighted by Gasteiger charge is 2.33. The molecule has 3 rings (SSSR count). The average molecular weight is 250 g/mol. The fourth-order valence-electron chi connectivity index (χ4n) is 2.16. The van der Waals surface area contributed by atoms with Gasteiger partial charge in [0.1, 0.15) is 6.10 Å². The van der Waals surface area contributed by atoms with Crippen molar-refractivity contribution >= 4 is 11.8 Å². The van der Waals surface area contributed by atoms with Crippen LogP contribution in [0.15, 0.2) is 12.1 Å². The minimum atomic E-state index is -0.368. The van der Waals surface area contributed by atoms with E-state index >= 15 is 0 Å². The Balaban J connectivity index is 1.95. The first-order valence-electron chi connectivity index (χ1n) is 5.77. The van der Waals surface area contributed by atoms with E-state index in [-0.39, 0.29) is 19.0 Å². The maximum absolute atomic E-state index is 11.8. The highest BCUT2D eigenvalue weighted by atomic mass is 16.7. The Labute approximate surface area is 104 Å². The summed E-state index contributed by atoms with van der Waals surface area (Å²) in [7, 11) is 0. The highest BCUT2D eigenvalue weighted by Crippen LogP contribution is 2.39. The van der Waals surface area contributed by atoms with Crippen molar-refractivity contribution in [1.29, 1.82) is 0 Å². The lowest BCUT2D eigenvalue weighted by atomic mass is 10.1. The predicted molar refractivity (Wildman–Crippen MR) is 64.0 cm³/mol. The maximum Gasteiger partial charge on any atom is 0.414 e. The summed E-state index contributed by atoms with van der Waals surface area (Å²) in [6.07, 6.45) is -0.616. The molecule has 0 saturated carbocycles. The number of hydrogen-bond donors (Lipinski definition) is 1. The molecule has 2 aliphatic heterocycles. The fourth-order valence-corrected chi connectivity index (χ4v) is 2.16. The van der Waals surface area contributed by atoms with Crippen LogP contribution in [-0.4, -0.2) is 32.1 Å². The molecule has 18 heavy (non-hydrogen) atoms. The van der Waals surface area contributed by atoms with Crippen LogP contribution >= 0.6 is 0 Å². The van der Waals surface area contributed by atoms with E-state index < -0.39 is 0 Å². The van der Waals surface area contributed by atoms with Gasteiger partial charge in [-0.25, -0.2) is 4.79 Å². The number of nitrogens with zero attached hydrogens (tertiary/aromatic N) is 1. The molecule has 1 unspecified atom stereocenters. The molecule has 1 amide bonds. The molecule has 6 nitrogen and oxygen atoms in total. The normalized spacial score (nSPS) is 21.3. The van der Waals surface area contributed by atoms with Gasteiger partial charge in [0.25, 0.3) is 0 Å². The van der Waals surface area contributed by atoms with Crippen LogP contribution in [0.25, 0.3) is 0 Å². The molecule has 6 heteroatoms. The average Bonchev–Trinajstić information content (AvgIpc) is 2.93. The van der Waals surface area contributed by atoms with Crippen LogP contribution in [0.1, 0.15) is 5.56 Å². The summed E-state index contributed by atoms with van der Waals surface area (Å²) in [6.45, 7) is 2.93. The summed E-state index contributed by atoms with van der Waals surface area (Å²) in [6, 6.07) is 3.67. The van der Waals surface area contributed by atoms with E-state index in [2.05, 4.69) is 0 Å². The minimum Gasteiger partial charge on any atom is -0.454 e. The SMILES string of the molecule is Cc1cc2c(cc1N1CC(CN)OC1=O)OCO2. The smallest absolute Gasteiger partial charge is 0.414 e. The summed E-state index contributed by atoms with van der Waals surface area (Å²) in [4.78, 5) is 13.4. The molecule has 1 aromatic rings. The Hall–Kier alpha value is -1.95. The van der Waals surface area contributed by atoms with E-state index in [1.807, 2.05) is 13.0 Å². The number of cyclic esters (lactones) is 1. The van der Waals surface area contributed by atoms with Gasteiger partial charge in [0.2, 0.25) is 6.79 Å². The number of anilines is 1. The van der Waals surface area contributed by atoms with Gasteiger partial charge < -0.3 is 19.9 Å². The number of benzene rings is 1. The molecular weight excluding hydrogens is 236 g/mol. The molecule has 0 bridgehead atoms. The number of rotatable bonds is 2. The van der Waals surface area contributed by atoms with Crippen LogP contribution in [0.4, 0.5) is 10.5 Å². The zero-order valence-electron chi connectivity index (χ0n) is 10.0. The van der Waals surface area contributed by atoms with Gasteiger partial charge in [0.05, 0.1) is 12.2 Å². The lowest BCUT2D eigenvalue weighted by Gasteiger charge is -2.16. The van der Waals surface area contributed by atoms with Gasteiger partial charge in [-0.3, -0.25) is 4.90 Å². The molecule has 0 spiro atoms. The van der Waals surface area contributed by atoms with Crippen molar-refractivity contribution in [3.05, 3.63) is 17.7 Å². The van der Waals surface area contributed by atoms with Crippen molar-refractivity contribution in [3.8, 4) is 11.5 Å². The van der Waals surface area contributed by atoms with Crippen molar-refractivity contribution in [2.45, 2.75) is 13.0 Å². The lowest BCUT2D eigenvalue weighted by molar-refractivity contribution is 0.145. The number of aryl methyl sites for hydroxylation is 1. The van der Waals surface area contributed by atoms with Gasteiger partial charge in [-0.2, -0.15) is 0 Å². The van der Waals surface area contributed by atoms with Gasteiger partial charge in [0.15, 0.2) is 11.5 Å². The van der Waals surface area contributed by atoms with E-state index in [1.165, 1.54) is 0 Å². The molecule has 1 fully saturated rings. The third kappa shape index (κ3) is 1.65. The molecule has 0 radical (unpaired) electrons. The topological polar surface area (TPSA) is 74.0 Å². The van der Waals surface area contributed by atoms with Crippen molar-refractivity contribution in [1.82, 2.24) is 0 Å². The second-order valence-corrected chi connectivity index (χ2v) is 4.34. The summed E-state index contributed by atoms with van der Waals surface area (Å²) in [5.41, 5.74) is 7.23. The van der Waals surface area contributed by atoms with Gasteiger partial charge in [0, 0.05) is 12.6 Å². The number of amides is 1. The zero-order chi connectivity index (χ0) is 12.7. The number of nitrogens with two attached hydrogens (primary N) is 1. The van der Waals surface area contributed by atoms with Crippen molar-refractivity contribution in [3.63, 3.8) is 0 Å². The minimum absolute atomic E-state index is 0.216. The van der Waals surface area contributed by atoms with E-state index in [9.17, 15) is 4.79 Å². The third-order valence-corrected chi connectivity index (χ3v) is 3.12. The Morgan fingerprint density at radius 2 is 2.11 bits per heavy atom. The first-order valence-corrected chi connectivity index (χ1v) is 5.77. The van der Waals surface area contributed by atoms with E-state index in [0.717, 1.165) is 11.3 Å². The van der Waals surface area contributed by atoms with E-state index in [4.69, 9.17) is 19.9 Å². The van der Waals surface area contributed by atoms with Crippen LogP contribution in [-0.2, 0) is 4.74 Å². The molecule has 1 saturated heterocycles. The van der Waals surface area contributed by atoms with Gasteiger partial charge >= 0.3 is 6.09 Å². The number of carbonyl (C=O) groups is 1. The van der Waals surface area contributed by atoms with Crippen LogP contribution in [0.3, 0.4) is 0 Å². The van der Waals surface area contributed by atoms with Crippen molar-refractivity contribution < 1.29 is 19.0 Å². The second kappa shape index (κ2) is 4.06. The van der Waals surface area contributed by atoms with Crippen LogP contribution in [0.2, 0.25) is 0 Å². The van der Waals surface area contributed by atoms with E-state index in [1.54, 1.807) is 11.0 Å². The second-order valence-electron chi connectivity index (χ2n) is 4.34. The summed E-state index contributed by atoms with van der Waals surface area (Å²) < 4.78 is 15.7. The number of carbonyl (C=O) groups excluding carboxylic acids is 1. The quantitative estimate of drug-likeness (QED) is 0.847. The molecule has 0 aliphatic carbocycles. The fraction of sp³-hybridized carbons (Fsp3) is 0.417. The Kier molecular flexibility index (Phi) is 2.52. The van der Waals surface area contributed by atoms with E-state index in [0.29, 0.717) is 24.6 Å². The molecule has 1 atom stereocenters. The van der Waals surface area contributed by atoms with Crippen LogP contribution in [0, 0.1) is 6.92 Å². The predicted octanol–water partition coefficient (Wildman–Crippen LogP) is 1.01. The molecule has 1 aromatic carbocycles. The van der Waals surface area contributed by atoms with Crippen LogP contribution in [0.5, 0.6) is 11.5 Å². The summed E-state index contributed by atoms with van der Waals surface area (Å²) in [5, 5.41) is 0. The monoisotopic (exact) mass is 250 g/mol. The number of fused-ring (bicyclic) bond motifs is 1. The maximum atomic E-state index is 11.8. The van der Waals surface area contributed by atoms with Crippen LogP contribution < -0.4 is 20.1 Å². The number of hydrogen-bond acceptors (Lipinski definition) is 5. The first-order chi connectivity index (χ1) is 8.69. The standard InChI is InChI=1S/C12H14N2O4/c1-7-2-10-11(17-6-16-10)3-9(7)14-5-8(4-13)18-12(14)15/h2-3,8H,4-6,13H2,1H3. The molecule has 0 aromatic heterocycles. The molecule has 96 valence electrons. The third-order valence-electron chi connectivity index (χ3n) is 3.12. The lowest BCUT2D eigenvalue weighted by Crippen LogP contribution is -2.27. The Bertz CT molecular complexity index is 503. The summed E-state index contributed by atoms with van der Waals surface area (Å²) in [5.74, 6) is 1.36. The summed E-state index contributed by atoms with van der Waals surface area (Å²) >= 11 is 0. The molecular formula is C12H14N2O4. The van der Waals surface area contributed by atoms with Gasteiger partial charge in [-0.15, -0.1) is 0 Å². The largest absolute Gasteiger partial charge is 0.454 e. The van der Waals surface area contributed by atoms with Gasteiger partial charge in [-0.1, -0.05) is 0 Å². The van der Waals surface area contributed by atoms with Crippen molar-refractivity contribution in [2.75, 3.05) is 24.8 Å². The first kappa shape index (κ1) is 11.2. The Morgan fingerprint density at radius 3 is 2.78 bits per heavy atom.